The van der Waals surface area contributed by atoms with Crippen LogP contribution < -0.4 is 5.73 Å². The largest absolute Gasteiger partial charge is 0.431 e. The highest BCUT2D eigenvalue weighted by molar-refractivity contribution is 5.76. The standard InChI is InChI=1S/C5H7F3N2/c1-3(2-9)4(10)5(6,7)8/h2,9H,10H2,1H3. The van der Waals surface area contributed by atoms with E-state index in [0.717, 1.165) is 6.92 Å². The monoisotopic (exact) mass is 152 g/mol. The van der Waals surface area contributed by atoms with Crippen LogP contribution in [0.25, 0.3) is 0 Å². The number of allylic oxidation sites excluding steroid dienone is 2. The van der Waals surface area contributed by atoms with Crippen LogP contribution in [-0.2, 0) is 0 Å². The molecular weight excluding hydrogens is 145 g/mol. The van der Waals surface area contributed by atoms with Gasteiger partial charge < -0.3 is 11.1 Å². The summed E-state index contributed by atoms with van der Waals surface area (Å²) in [5, 5.41) is 6.46. The van der Waals surface area contributed by atoms with E-state index >= 15 is 0 Å². The van der Waals surface area contributed by atoms with E-state index in [1.54, 1.807) is 0 Å². The summed E-state index contributed by atoms with van der Waals surface area (Å²) in [5.74, 6) is 0. The Balaban J connectivity index is 4.63. The third-order valence-corrected chi connectivity index (χ3v) is 0.947. The van der Waals surface area contributed by atoms with E-state index in [1.807, 2.05) is 0 Å². The maximum Gasteiger partial charge on any atom is 0.431 e. The molecule has 0 spiro atoms. The normalized spacial score (nSPS) is 14.4. The van der Waals surface area contributed by atoms with Gasteiger partial charge in [0.1, 0.15) is 5.70 Å². The van der Waals surface area contributed by atoms with Gasteiger partial charge in [-0.05, 0) is 12.5 Å². The fourth-order valence-corrected chi connectivity index (χ4v) is 0.301. The Labute approximate surface area is 56.0 Å². The molecule has 0 radical (unpaired) electrons. The molecule has 10 heavy (non-hydrogen) atoms. The predicted octanol–water partition coefficient (Wildman–Crippen LogP) is 1.43. The molecule has 0 fully saturated rings. The van der Waals surface area contributed by atoms with Crippen molar-refractivity contribution in [1.29, 1.82) is 5.41 Å². The van der Waals surface area contributed by atoms with Crippen molar-refractivity contribution in [2.45, 2.75) is 13.1 Å². The second-order valence-electron chi connectivity index (χ2n) is 1.74. The number of hydrogen-bond donors (Lipinski definition) is 2. The Morgan fingerprint density at radius 3 is 2.00 bits per heavy atom. The van der Waals surface area contributed by atoms with E-state index in [0.29, 0.717) is 6.21 Å². The van der Waals surface area contributed by atoms with E-state index in [2.05, 4.69) is 5.73 Å². The van der Waals surface area contributed by atoms with Crippen LogP contribution in [0.5, 0.6) is 0 Å². The van der Waals surface area contributed by atoms with Gasteiger partial charge in [-0.15, -0.1) is 0 Å². The second-order valence-corrected chi connectivity index (χ2v) is 1.74. The third-order valence-electron chi connectivity index (χ3n) is 0.947. The minimum Gasteiger partial charge on any atom is -0.394 e. The van der Waals surface area contributed by atoms with Crippen molar-refractivity contribution < 1.29 is 13.2 Å². The van der Waals surface area contributed by atoms with Crippen LogP contribution in [0.15, 0.2) is 11.3 Å². The van der Waals surface area contributed by atoms with E-state index in [9.17, 15) is 13.2 Å². The maximum atomic E-state index is 11.6. The Morgan fingerprint density at radius 1 is 1.50 bits per heavy atom. The molecule has 58 valence electrons. The molecule has 0 saturated heterocycles. The van der Waals surface area contributed by atoms with Crippen molar-refractivity contribution in [1.82, 2.24) is 0 Å². The molecule has 0 aromatic rings. The molecule has 0 heterocycles. The van der Waals surface area contributed by atoms with Gasteiger partial charge in [0.15, 0.2) is 0 Å². The topological polar surface area (TPSA) is 49.9 Å². The van der Waals surface area contributed by atoms with Crippen molar-refractivity contribution >= 4 is 6.21 Å². The summed E-state index contributed by atoms with van der Waals surface area (Å²) in [5.41, 5.74) is 3.13. The molecule has 0 rings (SSSR count). The number of alkyl halides is 3. The van der Waals surface area contributed by atoms with Crippen LogP contribution in [-0.4, -0.2) is 12.4 Å². The lowest BCUT2D eigenvalue weighted by Gasteiger charge is -2.06. The van der Waals surface area contributed by atoms with Gasteiger partial charge >= 0.3 is 6.18 Å². The summed E-state index contributed by atoms with van der Waals surface area (Å²) in [6.07, 6.45) is -3.94. The van der Waals surface area contributed by atoms with Crippen LogP contribution in [0.1, 0.15) is 6.92 Å². The molecule has 5 heteroatoms. The number of hydrogen-bond acceptors (Lipinski definition) is 2. The first-order chi connectivity index (χ1) is 4.39. The van der Waals surface area contributed by atoms with Crippen molar-refractivity contribution in [2.75, 3.05) is 0 Å². The quantitative estimate of drug-likeness (QED) is 0.548. The lowest BCUT2D eigenvalue weighted by molar-refractivity contribution is -0.0931. The number of rotatable bonds is 1. The van der Waals surface area contributed by atoms with Crippen LogP contribution >= 0.6 is 0 Å². The molecule has 0 amide bonds. The third kappa shape index (κ3) is 2.08. The highest BCUT2D eigenvalue weighted by atomic mass is 19.4. The number of nitrogens with two attached hydrogens (primary N) is 1. The minimum atomic E-state index is -4.51. The molecule has 0 aromatic heterocycles. The van der Waals surface area contributed by atoms with Gasteiger partial charge in [-0.2, -0.15) is 13.2 Å². The summed E-state index contributed by atoms with van der Waals surface area (Å²) in [6, 6.07) is 0. The van der Waals surface area contributed by atoms with Crippen LogP contribution in [0.2, 0.25) is 0 Å². The molecule has 0 aliphatic rings. The SMILES string of the molecule is CC(C=N)=C(N)C(F)(F)F. The van der Waals surface area contributed by atoms with E-state index < -0.39 is 11.9 Å². The van der Waals surface area contributed by atoms with Gasteiger partial charge in [-0.25, -0.2) is 0 Å². The molecule has 0 bridgehead atoms. The van der Waals surface area contributed by atoms with Gasteiger partial charge in [0.25, 0.3) is 0 Å². The highest BCUT2D eigenvalue weighted by Gasteiger charge is 2.32. The summed E-state index contributed by atoms with van der Waals surface area (Å²) in [4.78, 5) is 0. The average molecular weight is 152 g/mol. The first-order valence-corrected chi connectivity index (χ1v) is 2.43. The van der Waals surface area contributed by atoms with Gasteiger partial charge in [-0.1, -0.05) is 0 Å². The van der Waals surface area contributed by atoms with Gasteiger partial charge in [0, 0.05) is 6.21 Å². The molecule has 0 aliphatic heterocycles. The first kappa shape index (κ1) is 9.00. The zero-order valence-corrected chi connectivity index (χ0v) is 5.29. The Hall–Kier alpha value is -1.00. The Morgan fingerprint density at radius 2 is 1.90 bits per heavy atom. The van der Waals surface area contributed by atoms with Gasteiger partial charge in [-0.3, -0.25) is 0 Å². The van der Waals surface area contributed by atoms with Crippen molar-refractivity contribution in [2.24, 2.45) is 5.73 Å². The summed E-state index contributed by atoms with van der Waals surface area (Å²) in [6.45, 7) is 1.13. The van der Waals surface area contributed by atoms with Crippen molar-refractivity contribution in [3.8, 4) is 0 Å². The van der Waals surface area contributed by atoms with Gasteiger partial charge in [0.05, 0.1) is 0 Å². The zero-order chi connectivity index (χ0) is 8.36. The first-order valence-electron chi connectivity index (χ1n) is 2.43. The fourth-order valence-electron chi connectivity index (χ4n) is 0.301. The van der Waals surface area contributed by atoms with E-state index in [4.69, 9.17) is 5.41 Å². The highest BCUT2D eigenvalue weighted by Crippen LogP contribution is 2.22. The molecule has 0 atom stereocenters. The van der Waals surface area contributed by atoms with Crippen LogP contribution in [0.3, 0.4) is 0 Å². The Bertz CT molecular complexity index is 168. The maximum absolute atomic E-state index is 11.6. The molecule has 0 aromatic carbocycles. The smallest absolute Gasteiger partial charge is 0.394 e. The summed E-state index contributed by atoms with van der Waals surface area (Å²) >= 11 is 0. The van der Waals surface area contributed by atoms with Crippen molar-refractivity contribution in [3.63, 3.8) is 0 Å². The van der Waals surface area contributed by atoms with Crippen LogP contribution in [0.4, 0.5) is 13.2 Å². The average Bonchev–Trinajstić information content (AvgIpc) is 1.83. The summed E-state index contributed by atoms with van der Waals surface area (Å²) < 4.78 is 34.8. The minimum absolute atomic E-state index is 0.271. The molecule has 0 aliphatic carbocycles. The zero-order valence-electron chi connectivity index (χ0n) is 5.29. The molecule has 0 saturated carbocycles. The van der Waals surface area contributed by atoms with Gasteiger partial charge in [0.2, 0.25) is 0 Å². The molecular formula is C5H7F3N2. The lowest BCUT2D eigenvalue weighted by atomic mass is 10.2. The van der Waals surface area contributed by atoms with E-state index in [-0.39, 0.29) is 5.57 Å². The molecule has 2 nitrogen and oxygen atoms in total. The lowest BCUT2D eigenvalue weighted by Crippen LogP contribution is -2.21. The van der Waals surface area contributed by atoms with Crippen LogP contribution in [0, 0.1) is 5.41 Å². The molecule has 0 unspecified atom stereocenters. The summed E-state index contributed by atoms with van der Waals surface area (Å²) in [7, 11) is 0. The second kappa shape index (κ2) is 2.72. The molecule has 3 N–H and O–H groups in total. The number of nitrogens with one attached hydrogen (secondary N) is 1. The van der Waals surface area contributed by atoms with E-state index in [1.165, 1.54) is 0 Å². The fraction of sp³-hybridized carbons (Fsp3) is 0.400. The number of halogens is 3. The Kier molecular flexibility index (Phi) is 2.45. The van der Waals surface area contributed by atoms with Crippen molar-refractivity contribution in [3.05, 3.63) is 11.3 Å². The predicted molar refractivity (Wildman–Crippen MR) is 31.7 cm³/mol.